The first kappa shape index (κ1) is 20.8. The summed E-state index contributed by atoms with van der Waals surface area (Å²) >= 11 is 1.55. The Balaban J connectivity index is 1.70. The van der Waals surface area contributed by atoms with Gasteiger partial charge < -0.3 is 9.64 Å². The van der Waals surface area contributed by atoms with E-state index in [0.29, 0.717) is 13.2 Å². The Hall–Kier alpha value is -2.44. The lowest BCUT2D eigenvalue weighted by Crippen LogP contribution is -3.06. The molecule has 0 spiro atoms. The molecule has 1 aliphatic carbocycles. The number of likely N-dealkylation sites (N-methyl/N-ethyl adjacent to an activating group) is 1. The Labute approximate surface area is 182 Å². The molecule has 4 rings (SSSR count). The molecule has 0 saturated carbocycles. The van der Waals surface area contributed by atoms with Gasteiger partial charge in [-0.15, -0.1) is 0 Å². The van der Waals surface area contributed by atoms with E-state index in [1.54, 1.807) is 11.3 Å². The summed E-state index contributed by atoms with van der Waals surface area (Å²) in [5, 5.41) is 0.737. The number of carbonyl (C=O) groups excluding carboxylic acids is 1. The lowest BCUT2D eigenvalue weighted by Gasteiger charge is -2.22. The molecule has 0 saturated heterocycles. The molecule has 2 aromatic carbocycles. The van der Waals surface area contributed by atoms with Crippen molar-refractivity contribution < 1.29 is 14.4 Å². The number of anilines is 1. The van der Waals surface area contributed by atoms with Crippen LogP contribution in [-0.4, -0.2) is 44.7 Å². The number of para-hydroxylation sites is 1. The predicted molar refractivity (Wildman–Crippen MR) is 123 cm³/mol. The van der Waals surface area contributed by atoms with E-state index < -0.39 is 0 Å². The number of amides is 1. The van der Waals surface area contributed by atoms with Crippen molar-refractivity contribution >= 4 is 32.6 Å². The van der Waals surface area contributed by atoms with Gasteiger partial charge in [-0.1, -0.05) is 23.5 Å². The molecule has 0 atom stereocenters. The van der Waals surface area contributed by atoms with Crippen LogP contribution in [0, 0.1) is 0 Å². The maximum Gasteiger partial charge on any atom is 0.260 e. The zero-order valence-corrected chi connectivity index (χ0v) is 18.8. The fourth-order valence-electron chi connectivity index (χ4n) is 3.94. The number of benzene rings is 2. The topological polar surface area (TPSA) is 46.9 Å². The third kappa shape index (κ3) is 4.35. The van der Waals surface area contributed by atoms with E-state index in [1.165, 1.54) is 28.9 Å². The average molecular weight is 425 g/mol. The van der Waals surface area contributed by atoms with Crippen LogP contribution in [0.3, 0.4) is 0 Å². The van der Waals surface area contributed by atoms with E-state index in [0.717, 1.165) is 46.0 Å². The maximum atomic E-state index is 13.6. The van der Waals surface area contributed by atoms with Gasteiger partial charge in [0.2, 0.25) is 0 Å². The minimum atomic E-state index is 0.0293. The van der Waals surface area contributed by atoms with Crippen molar-refractivity contribution in [2.45, 2.75) is 32.6 Å². The first-order valence-corrected chi connectivity index (χ1v) is 11.6. The fourth-order valence-corrected chi connectivity index (χ4v) is 4.95. The van der Waals surface area contributed by atoms with E-state index >= 15 is 0 Å². The first-order chi connectivity index (χ1) is 14.6. The van der Waals surface area contributed by atoms with Gasteiger partial charge in [0.05, 0.1) is 38.5 Å². The first-order valence-electron chi connectivity index (χ1n) is 10.8. The standard InChI is InChI=1S/C24H29N3O2S/c1-4-29-20-10-7-11-21-22(20)25-24(30-21)27(15-14-26(2)3)23(28)19-13-12-17-8-5-6-9-18(17)16-19/h7,10-13,16H,4-6,8-9,14-15H2,1-3H3/p+1. The second kappa shape index (κ2) is 9.14. The molecule has 0 bridgehead atoms. The Bertz CT molecular complexity index is 1040. The van der Waals surface area contributed by atoms with Crippen molar-refractivity contribution in [3.63, 3.8) is 0 Å². The van der Waals surface area contributed by atoms with Crippen LogP contribution in [-0.2, 0) is 12.8 Å². The number of aryl methyl sites for hydroxylation is 2. The fraction of sp³-hybridized carbons (Fsp3) is 0.417. The molecule has 6 heteroatoms. The lowest BCUT2D eigenvalue weighted by molar-refractivity contribution is -0.856. The molecular formula is C24H30N3O2S+. The number of nitrogens with zero attached hydrogens (tertiary/aromatic N) is 2. The van der Waals surface area contributed by atoms with Gasteiger partial charge in [0.1, 0.15) is 11.3 Å². The summed E-state index contributed by atoms with van der Waals surface area (Å²) in [6.45, 7) is 4.04. The minimum Gasteiger partial charge on any atom is -0.492 e. The van der Waals surface area contributed by atoms with E-state index in [2.05, 4.69) is 26.2 Å². The Morgan fingerprint density at radius 1 is 1.17 bits per heavy atom. The van der Waals surface area contributed by atoms with Gasteiger partial charge in [0.15, 0.2) is 5.13 Å². The molecule has 1 heterocycles. The van der Waals surface area contributed by atoms with E-state index in [9.17, 15) is 4.79 Å². The van der Waals surface area contributed by atoms with Crippen LogP contribution in [0.1, 0.15) is 41.3 Å². The summed E-state index contributed by atoms with van der Waals surface area (Å²) in [6.07, 6.45) is 4.63. The number of hydrogen-bond acceptors (Lipinski definition) is 4. The summed E-state index contributed by atoms with van der Waals surface area (Å²) in [7, 11) is 4.21. The number of fused-ring (bicyclic) bond motifs is 2. The zero-order chi connectivity index (χ0) is 21.1. The molecule has 30 heavy (non-hydrogen) atoms. The third-order valence-corrected chi connectivity index (χ3v) is 6.62. The Morgan fingerprint density at radius 3 is 2.73 bits per heavy atom. The molecule has 0 fully saturated rings. The number of ether oxygens (including phenoxy) is 1. The quantitative estimate of drug-likeness (QED) is 0.633. The second-order valence-electron chi connectivity index (χ2n) is 8.14. The highest BCUT2D eigenvalue weighted by atomic mass is 32.1. The minimum absolute atomic E-state index is 0.0293. The summed E-state index contributed by atoms with van der Waals surface area (Å²) in [5.41, 5.74) is 4.31. The highest BCUT2D eigenvalue weighted by Crippen LogP contribution is 2.35. The van der Waals surface area contributed by atoms with Gasteiger partial charge >= 0.3 is 0 Å². The van der Waals surface area contributed by atoms with Crippen molar-refractivity contribution in [2.75, 3.05) is 38.7 Å². The van der Waals surface area contributed by atoms with Crippen molar-refractivity contribution in [1.82, 2.24) is 4.98 Å². The number of carbonyl (C=O) groups is 1. The largest absolute Gasteiger partial charge is 0.492 e. The molecule has 1 N–H and O–H groups in total. The normalized spacial score (nSPS) is 13.5. The maximum absolute atomic E-state index is 13.6. The molecule has 0 radical (unpaired) electrons. The summed E-state index contributed by atoms with van der Waals surface area (Å²) < 4.78 is 6.79. The van der Waals surface area contributed by atoms with Gasteiger partial charge in [-0.05, 0) is 68.0 Å². The molecule has 5 nitrogen and oxygen atoms in total. The number of aromatic nitrogens is 1. The van der Waals surface area contributed by atoms with E-state index in [1.807, 2.05) is 36.1 Å². The molecule has 1 aliphatic rings. The van der Waals surface area contributed by atoms with Gasteiger partial charge in [0, 0.05) is 5.56 Å². The number of rotatable bonds is 7. The van der Waals surface area contributed by atoms with Crippen LogP contribution in [0.5, 0.6) is 5.75 Å². The van der Waals surface area contributed by atoms with Crippen molar-refractivity contribution in [3.8, 4) is 5.75 Å². The van der Waals surface area contributed by atoms with Gasteiger partial charge in [0.25, 0.3) is 5.91 Å². The van der Waals surface area contributed by atoms with Crippen molar-refractivity contribution in [2.24, 2.45) is 0 Å². The molecule has 0 unspecified atom stereocenters. The number of hydrogen-bond donors (Lipinski definition) is 1. The predicted octanol–water partition coefficient (Wildman–Crippen LogP) is 3.37. The molecule has 3 aromatic rings. The van der Waals surface area contributed by atoms with Crippen LogP contribution in [0.2, 0.25) is 0 Å². The van der Waals surface area contributed by atoms with Crippen molar-refractivity contribution in [1.29, 1.82) is 0 Å². The van der Waals surface area contributed by atoms with Crippen LogP contribution >= 0.6 is 11.3 Å². The Kier molecular flexibility index (Phi) is 6.35. The molecule has 1 aromatic heterocycles. The summed E-state index contributed by atoms with van der Waals surface area (Å²) in [5.74, 6) is 0.804. The number of quaternary nitrogens is 1. The van der Waals surface area contributed by atoms with Crippen LogP contribution in [0.25, 0.3) is 10.2 Å². The molecule has 1 amide bonds. The third-order valence-electron chi connectivity index (χ3n) is 5.58. The highest BCUT2D eigenvalue weighted by molar-refractivity contribution is 7.22. The van der Waals surface area contributed by atoms with Gasteiger partial charge in [-0.3, -0.25) is 9.69 Å². The molecule has 158 valence electrons. The Morgan fingerprint density at radius 2 is 1.97 bits per heavy atom. The molecule has 0 aliphatic heterocycles. The number of thiazole rings is 1. The zero-order valence-electron chi connectivity index (χ0n) is 18.0. The van der Waals surface area contributed by atoms with Crippen LogP contribution in [0.15, 0.2) is 36.4 Å². The SMILES string of the molecule is CCOc1cccc2sc(N(CC[NH+](C)C)C(=O)c3ccc4c(c3)CCCC4)nc12. The smallest absolute Gasteiger partial charge is 0.260 e. The summed E-state index contributed by atoms with van der Waals surface area (Å²) in [4.78, 5) is 21.6. The lowest BCUT2D eigenvalue weighted by atomic mass is 9.90. The second-order valence-corrected chi connectivity index (χ2v) is 9.15. The van der Waals surface area contributed by atoms with E-state index in [4.69, 9.17) is 9.72 Å². The van der Waals surface area contributed by atoms with Crippen LogP contribution in [0.4, 0.5) is 5.13 Å². The number of nitrogens with one attached hydrogen (secondary N) is 1. The van der Waals surface area contributed by atoms with Gasteiger partial charge in [-0.25, -0.2) is 4.98 Å². The van der Waals surface area contributed by atoms with Crippen LogP contribution < -0.4 is 14.5 Å². The molecular weight excluding hydrogens is 394 g/mol. The summed E-state index contributed by atoms with van der Waals surface area (Å²) in [6, 6.07) is 12.2. The highest BCUT2D eigenvalue weighted by Gasteiger charge is 2.24. The van der Waals surface area contributed by atoms with E-state index in [-0.39, 0.29) is 5.91 Å². The average Bonchev–Trinajstić information content (AvgIpc) is 3.18. The van der Waals surface area contributed by atoms with Gasteiger partial charge in [-0.2, -0.15) is 0 Å². The monoisotopic (exact) mass is 424 g/mol. The van der Waals surface area contributed by atoms with Crippen molar-refractivity contribution in [3.05, 3.63) is 53.1 Å².